The smallest absolute Gasteiger partial charge is 0.267 e. The molecule has 1 saturated carbocycles. The summed E-state index contributed by atoms with van der Waals surface area (Å²) in [5, 5.41) is 6.63. The second-order valence-electron chi connectivity index (χ2n) is 6.08. The number of carbonyl (C=O) groups excluding carboxylic acids is 1. The Balaban J connectivity index is 1.47. The molecule has 2 fully saturated rings. The zero-order valence-electron chi connectivity index (χ0n) is 11.8. The van der Waals surface area contributed by atoms with E-state index in [1.165, 1.54) is 6.42 Å². The van der Waals surface area contributed by atoms with Crippen molar-refractivity contribution in [3.05, 3.63) is 48.2 Å². The fourth-order valence-electron chi connectivity index (χ4n) is 3.57. The molecule has 21 heavy (non-hydrogen) atoms. The molecule has 4 heteroatoms. The molecular weight excluding hydrogens is 262 g/mol. The number of piperidine rings is 1. The van der Waals surface area contributed by atoms with Crippen molar-refractivity contribution >= 4 is 5.91 Å². The van der Waals surface area contributed by atoms with E-state index >= 15 is 0 Å². The summed E-state index contributed by atoms with van der Waals surface area (Å²) < 4.78 is 0. The summed E-state index contributed by atoms with van der Waals surface area (Å²) in [6.07, 6.45) is 2.31. The molecule has 2 aromatic rings. The molecule has 3 unspecified atom stereocenters. The van der Waals surface area contributed by atoms with Gasteiger partial charge in [0, 0.05) is 17.8 Å². The van der Waals surface area contributed by atoms with Crippen molar-refractivity contribution in [3.8, 4) is 11.3 Å². The van der Waals surface area contributed by atoms with E-state index < -0.39 is 0 Å². The van der Waals surface area contributed by atoms with Crippen LogP contribution in [-0.4, -0.2) is 29.5 Å². The van der Waals surface area contributed by atoms with Crippen LogP contribution in [0.15, 0.2) is 42.5 Å². The number of rotatable bonds is 3. The minimum absolute atomic E-state index is 0.00321. The van der Waals surface area contributed by atoms with Gasteiger partial charge in [0.2, 0.25) is 0 Å². The van der Waals surface area contributed by atoms with Crippen LogP contribution in [0.5, 0.6) is 0 Å². The van der Waals surface area contributed by atoms with Crippen molar-refractivity contribution in [2.45, 2.75) is 24.9 Å². The third-order valence-electron chi connectivity index (χ3n) is 4.66. The van der Waals surface area contributed by atoms with Crippen LogP contribution in [0.2, 0.25) is 0 Å². The first kappa shape index (κ1) is 12.7. The quantitative estimate of drug-likeness (QED) is 0.807. The minimum Gasteiger partial charge on any atom is -0.351 e. The molecule has 2 bridgehead atoms. The molecule has 1 saturated heterocycles. The van der Waals surface area contributed by atoms with Gasteiger partial charge in [0.15, 0.2) is 0 Å². The van der Waals surface area contributed by atoms with Gasteiger partial charge in [0.05, 0.1) is 0 Å². The normalized spacial score (nSPS) is 27.0. The topological polar surface area (TPSA) is 56.9 Å². The molecule has 1 aromatic carbocycles. The third-order valence-corrected chi connectivity index (χ3v) is 4.66. The Morgan fingerprint density at radius 1 is 1.10 bits per heavy atom. The van der Waals surface area contributed by atoms with Crippen molar-refractivity contribution in [2.24, 2.45) is 5.92 Å². The molecule has 2 aliphatic rings. The zero-order chi connectivity index (χ0) is 14.2. The van der Waals surface area contributed by atoms with Gasteiger partial charge in [-0.15, -0.1) is 0 Å². The first-order valence-electron chi connectivity index (χ1n) is 7.58. The number of fused-ring (bicyclic) bond motifs is 2. The maximum Gasteiger partial charge on any atom is 0.267 e. The summed E-state index contributed by atoms with van der Waals surface area (Å²) in [6, 6.07) is 14.6. The summed E-state index contributed by atoms with van der Waals surface area (Å²) in [5.41, 5.74) is 2.71. The Morgan fingerprint density at radius 3 is 2.67 bits per heavy atom. The monoisotopic (exact) mass is 281 g/mol. The Hall–Kier alpha value is -2.07. The predicted molar refractivity (Wildman–Crippen MR) is 82.0 cm³/mol. The van der Waals surface area contributed by atoms with Crippen LogP contribution in [0.4, 0.5) is 0 Å². The van der Waals surface area contributed by atoms with Crippen molar-refractivity contribution in [1.82, 2.24) is 15.6 Å². The lowest BCUT2D eigenvalue weighted by molar-refractivity contribution is 0.0924. The van der Waals surface area contributed by atoms with Crippen molar-refractivity contribution < 1.29 is 4.79 Å². The molecule has 2 heterocycles. The summed E-state index contributed by atoms with van der Waals surface area (Å²) in [6.45, 7) is 1.11. The second-order valence-corrected chi connectivity index (χ2v) is 6.08. The largest absolute Gasteiger partial charge is 0.351 e. The summed E-state index contributed by atoms with van der Waals surface area (Å²) in [5.74, 6) is 0.736. The molecule has 1 amide bonds. The Kier molecular flexibility index (Phi) is 3.04. The van der Waals surface area contributed by atoms with Crippen molar-refractivity contribution in [3.63, 3.8) is 0 Å². The predicted octanol–water partition coefficient (Wildman–Crippen LogP) is 2.16. The van der Waals surface area contributed by atoms with Gasteiger partial charge in [-0.05, 0) is 43.0 Å². The standard InChI is InChI=1S/C17H19N3O/c21-17(20-16-9-11-8-15(16)18-10-11)14-7-6-13(19-14)12-4-2-1-3-5-12/h1-7,11,15-16,18-19H,8-10H2,(H,20,21). The lowest BCUT2D eigenvalue weighted by Crippen LogP contribution is -2.48. The van der Waals surface area contributed by atoms with E-state index in [1.807, 2.05) is 42.5 Å². The van der Waals surface area contributed by atoms with Crippen LogP contribution in [0.25, 0.3) is 11.3 Å². The average Bonchev–Trinajstić information content (AvgIpc) is 3.24. The number of hydrogen-bond donors (Lipinski definition) is 3. The number of H-pyrrole nitrogens is 1. The third kappa shape index (κ3) is 2.36. The molecule has 3 N–H and O–H groups in total. The van der Waals surface area contributed by atoms with E-state index in [0.717, 1.165) is 30.1 Å². The number of aromatic nitrogens is 1. The van der Waals surface area contributed by atoms with Crippen LogP contribution in [0.3, 0.4) is 0 Å². The van der Waals surface area contributed by atoms with E-state index in [1.54, 1.807) is 0 Å². The number of carbonyl (C=O) groups is 1. The first-order valence-corrected chi connectivity index (χ1v) is 7.58. The molecule has 1 aliphatic carbocycles. The maximum atomic E-state index is 12.4. The van der Waals surface area contributed by atoms with Crippen molar-refractivity contribution in [1.29, 1.82) is 0 Å². The van der Waals surface area contributed by atoms with Gasteiger partial charge in [-0.1, -0.05) is 30.3 Å². The first-order chi connectivity index (χ1) is 10.3. The van der Waals surface area contributed by atoms with E-state index in [-0.39, 0.29) is 11.9 Å². The minimum atomic E-state index is -0.00321. The van der Waals surface area contributed by atoms with Crippen LogP contribution >= 0.6 is 0 Å². The summed E-state index contributed by atoms with van der Waals surface area (Å²) >= 11 is 0. The lowest BCUT2D eigenvalue weighted by Gasteiger charge is -2.23. The van der Waals surface area contributed by atoms with E-state index in [0.29, 0.717) is 11.7 Å². The van der Waals surface area contributed by atoms with Gasteiger partial charge in [-0.3, -0.25) is 4.79 Å². The molecule has 4 nitrogen and oxygen atoms in total. The van der Waals surface area contributed by atoms with Gasteiger partial charge in [0.25, 0.3) is 5.91 Å². The van der Waals surface area contributed by atoms with E-state index in [4.69, 9.17) is 0 Å². The Morgan fingerprint density at radius 2 is 1.95 bits per heavy atom. The SMILES string of the molecule is O=C(NC1CC2CNC1C2)c1ccc(-c2ccccc2)[nH]1. The van der Waals surface area contributed by atoms with Gasteiger partial charge < -0.3 is 15.6 Å². The van der Waals surface area contributed by atoms with Gasteiger partial charge >= 0.3 is 0 Å². The van der Waals surface area contributed by atoms with Crippen LogP contribution < -0.4 is 10.6 Å². The summed E-state index contributed by atoms with van der Waals surface area (Å²) in [7, 11) is 0. The number of amides is 1. The molecule has 108 valence electrons. The lowest BCUT2D eigenvalue weighted by atomic mass is 10.1. The van der Waals surface area contributed by atoms with E-state index in [9.17, 15) is 4.79 Å². The molecule has 0 radical (unpaired) electrons. The molecular formula is C17H19N3O. The van der Waals surface area contributed by atoms with Gasteiger partial charge in [-0.2, -0.15) is 0 Å². The highest BCUT2D eigenvalue weighted by Crippen LogP contribution is 2.31. The van der Waals surface area contributed by atoms with Gasteiger partial charge in [-0.25, -0.2) is 0 Å². The highest BCUT2D eigenvalue weighted by atomic mass is 16.2. The highest BCUT2D eigenvalue weighted by Gasteiger charge is 2.40. The number of aromatic amines is 1. The van der Waals surface area contributed by atoms with E-state index in [2.05, 4.69) is 15.6 Å². The van der Waals surface area contributed by atoms with Crippen LogP contribution in [0.1, 0.15) is 23.3 Å². The number of nitrogens with one attached hydrogen (secondary N) is 3. The maximum absolute atomic E-state index is 12.4. The Labute approximate surface area is 124 Å². The fourth-order valence-corrected chi connectivity index (χ4v) is 3.57. The van der Waals surface area contributed by atoms with Gasteiger partial charge in [0.1, 0.15) is 5.69 Å². The fraction of sp³-hybridized carbons (Fsp3) is 0.353. The average molecular weight is 281 g/mol. The molecule has 1 aliphatic heterocycles. The molecule has 4 rings (SSSR count). The Bertz CT molecular complexity index is 649. The molecule has 0 spiro atoms. The van der Waals surface area contributed by atoms with Crippen LogP contribution in [-0.2, 0) is 0 Å². The second kappa shape index (κ2) is 5.04. The van der Waals surface area contributed by atoms with Crippen molar-refractivity contribution in [2.75, 3.05) is 6.54 Å². The zero-order valence-corrected chi connectivity index (χ0v) is 11.8. The molecule has 3 atom stereocenters. The highest BCUT2D eigenvalue weighted by molar-refractivity contribution is 5.93. The van der Waals surface area contributed by atoms with Crippen LogP contribution in [0, 0.1) is 5.92 Å². The summed E-state index contributed by atoms with van der Waals surface area (Å²) in [4.78, 5) is 15.6. The number of hydrogen-bond acceptors (Lipinski definition) is 2. The number of benzene rings is 1. The molecule has 1 aromatic heterocycles.